The van der Waals surface area contributed by atoms with E-state index in [9.17, 15) is 18.0 Å². The standard InChI is InChI=1S/C11H13NO7S/c1-7(13)8-4-9(11(14)18-2-3-19-12)6-10(5-8)20(15,16)17/h4-6H,2-3,12H2,1H3,(H,15,16,17). The van der Waals surface area contributed by atoms with Crippen LogP contribution in [0.15, 0.2) is 23.1 Å². The van der Waals surface area contributed by atoms with Gasteiger partial charge in [-0.3, -0.25) is 9.35 Å². The molecular formula is C11H13NO7S. The molecule has 0 aliphatic heterocycles. The molecule has 0 saturated heterocycles. The molecule has 1 aromatic rings. The first kappa shape index (κ1) is 16.2. The Hall–Kier alpha value is -1.81. The van der Waals surface area contributed by atoms with Crippen molar-refractivity contribution in [2.45, 2.75) is 11.8 Å². The summed E-state index contributed by atoms with van der Waals surface area (Å²) in [6, 6.07) is 3.05. The zero-order valence-electron chi connectivity index (χ0n) is 10.5. The van der Waals surface area contributed by atoms with E-state index in [4.69, 9.17) is 15.2 Å². The van der Waals surface area contributed by atoms with Crippen LogP contribution < -0.4 is 5.90 Å². The maximum Gasteiger partial charge on any atom is 0.338 e. The molecule has 0 atom stereocenters. The lowest BCUT2D eigenvalue weighted by Gasteiger charge is -2.07. The summed E-state index contributed by atoms with van der Waals surface area (Å²) >= 11 is 0. The second kappa shape index (κ2) is 6.57. The van der Waals surface area contributed by atoms with E-state index in [1.807, 2.05) is 0 Å². The average Bonchev–Trinajstić information content (AvgIpc) is 2.37. The van der Waals surface area contributed by atoms with Gasteiger partial charge < -0.3 is 9.57 Å². The van der Waals surface area contributed by atoms with Gasteiger partial charge in [-0.15, -0.1) is 0 Å². The smallest absolute Gasteiger partial charge is 0.338 e. The zero-order valence-corrected chi connectivity index (χ0v) is 11.3. The molecule has 0 saturated carbocycles. The highest BCUT2D eigenvalue weighted by atomic mass is 32.2. The fourth-order valence-electron chi connectivity index (χ4n) is 1.33. The van der Waals surface area contributed by atoms with Crippen LogP contribution in [-0.2, 0) is 19.7 Å². The first-order chi connectivity index (χ1) is 9.25. The molecule has 0 bridgehead atoms. The van der Waals surface area contributed by atoms with Gasteiger partial charge in [0.15, 0.2) is 5.78 Å². The summed E-state index contributed by atoms with van der Waals surface area (Å²) in [6.07, 6.45) is 0. The molecule has 0 spiro atoms. The molecule has 0 aliphatic carbocycles. The Labute approximate surface area is 115 Å². The lowest BCUT2D eigenvalue weighted by molar-refractivity contribution is 0.0317. The van der Waals surface area contributed by atoms with Crippen molar-refractivity contribution < 1.29 is 32.1 Å². The van der Waals surface area contributed by atoms with Crippen molar-refractivity contribution in [2.75, 3.05) is 13.2 Å². The SMILES string of the molecule is CC(=O)c1cc(C(=O)OCCON)cc(S(=O)(=O)O)c1. The van der Waals surface area contributed by atoms with E-state index in [0.29, 0.717) is 0 Å². The normalized spacial score (nSPS) is 11.2. The third-order valence-electron chi connectivity index (χ3n) is 2.28. The highest BCUT2D eigenvalue weighted by molar-refractivity contribution is 7.85. The van der Waals surface area contributed by atoms with Crippen LogP contribution in [0.25, 0.3) is 0 Å². The monoisotopic (exact) mass is 303 g/mol. The van der Waals surface area contributed by atoms with Gasteiger partial charge in [0.1, 0.15) is 13.2 Å². The lowest BCUT2D eigenvalue weighted by Crippen LogP contribution is -2.14. The number of Topliss-reactive ketones (excluding diaryl/α,β-unsaturated/α-hetero) is 1. The van der Waals surface area contributed by atoms with Crippen molar-refractivity contribution in [1.29, 1.82) is 0 Å². The van der Waals surface area contributed by atoms with E-state index >= 15 is 0 Å². The highest BCUT2D eigenvalue weighted by Gasteiger charge is 2.18. The van der Waals surface area contributed by atoms with Crippen molar-refractivity contribution in [3.05, 3.63) is 29.3 Å². The van der Waals surface area contributed by atoms with Gasteiger partial charge in [0, 0.05) is 5.56 Å². The van der Waals surface area contributed by atoms with Crippen LogP contribution in [0, 0.1) is 0 Å². The molecule has 20 heavy (non-hydrogen) atoms. The van der Waals surface area contributed by atoms with Crippen LogP contribution in [0.3, 0.4) is 0 Å². The molecular weight excluding hydrogens is 290 g/mol. The van der Waals surface area contributed by atoms with Gasteiger partial charge in [-0.25, -0.2) is 10.7 Å². The second-order valence-corrected chi connectivity index (χ2v) is 5.21. The number of ether oxygens (including phenoxy) is 1. The van der Waals surface area contributed by atoms with Crippen molar-refractivity contribution in [2.24, 2.45) is 5.90 Å². The Balaban J connectivity index is 3.16. The van der Waals surface area contributed by atoms with Gasteiger partial charge in [0.25, 0.3) is 10.1 Å². The fourth-order valence-corrected chi connectivity index (χ4v) is 1.89. The third kappa shape index (κ3) is 4.38. The molecule has 0 unspecified atom stereocenters. The van der Waals surface area contributed by atoms with Crippen LogP contribution in [0.4, 0.5) is 0 Å². The Morgan fingerprint density at radius 1 is 1.20 bits per heavy atom. The van der Waals surface area contributed by atoms with Crippen LogP contribution in [0.2, 0.25) is 0 Å². The van der Waals surface area contributed by atoms with E-state index in [0.717, 1.165) is 12.1 Å². The predicted molar refractivity (Wildman–Crippen MR) is 66.7 cm³/mol. The maximum atomic E-state index is 11.7. The molecule has 0 heterocycles. The molecule has 0 aliphatic rings. The molecule has 1 rings (SSSR count). The van der Waals surface area contributed by atoms with Gasteiger partial charge in [0.2, 0.25) is 0 Å². The van der Waals surface area contributed by atoms with Gasteiger partial charge in [0.05, 0.1) is 10.5 Å². The van der Waals surface area contributed by atoms with Crippen LogP contribution in [0.5, 0.6) is 0 Å². The minimum Gasteiger partial charge on any atom is -0.460 e. The van der Waals surface area contributed by atoms with Crippen LogP contribution in [-0.4, -0.2) is 37.9 Å². The van der Waals surface area contributed by atoms with E-state index in [1.54, 1.807) is 0 Å². The number of benzene rings is 1. The maximum absolute atomic E-state index is 11.7. The van der Waals surface area contributed by atoms with Gasteiger partial charge in [-0.05, 0) is 25.1 Å². The van der Waals surface area contributed by atoms with Crippen molar-refractivity contribution in [3.63, 3.8) is 0 Å². The van der Waals surface area contributed by atoms with E-state index in [2.05, 4.69) is 4.84 Å². The zero-order chi connectivity index (χ0) is 15.3. The summed E-state index contributed by atoms with van der Waals surface area (Å²) in [6.45, 7) is 1.02. The first-order valence-electron chi connectivity index (χ1n) is 5.38. The lowest BCUT2D eigenvalue weighted by atomic mass is 10.1. The van der Waals surface area contributed by atoms with Crippen LogP contribution >= 0.6 is 0 Å². The Morgan fingerprint density at radius 3 is 2.30 bits per heavy atom. The number of carbonyl (C=O) groups excluding carboxylic acids is 2. The fraction of sp³-hybridized carbons (Fsp3) is 0.273. The summed E-state index contributed by atoms with van der Waals surface area (Å²) in [5.41, 5.74) is -0.218. The van der Waals surface area contributed by atoms with E-state index in [1.165, 1.54) is 13.0 Å². The van der Waals surface area contributed by atoms with Crippen LogP contribution in [0.1, 0.15) is 27.6 Å². The summed E-state index contributed by atoms with van der Waals surface area (Å²) in [7, 11) is -4.54. The van der Waals surface area contributed by atoms with Gasteiger partial charge >= 0.3 is 5.97 Å². The number of nitrogens with two attached hydrogens (primary N) is 1. The predicted octanol–water partition coefficient (Wildman–Crippen LogP) is 0.183. The van der Waals surface area contributed by atoms with E-state index in [-0.39, 0.29) is 24.3 Å². The van der Waals surface area contributed by atoms with E-state index < -0.39 is 26.8 Å². The third-order valence-corrected chi connectivity index (χ3v) is 3.11. The number of ketones is 1. The van der Waals surface area contributed by atoms with Gasteiger partial charge in [-0.2, -0.15) is 8.42 Å². The molecule has 0 radical (unpaired) electrons. The Bertz CT molecular complexity index is 624. The summed E-state index contributed by atoms with van der Waals surface area (Å²) < 4.78 is 35.9. The van der Waals surface area contributed by atoms with Gasteiger partial charge in [-0.1, -0.05) is 0 Å². The number of hydrogen-bond donors (Lipinski definition) is 2. The second-order valence-electron chi connectivity index (χ2n) is 3.78. The summed E-state index contributed by atoms with van der Waals surface area (Å²) in [4.78, 5) is 26.6. The Morgan fingerprint density at radius 2 is 1.80 bits per heavy atom. The number of carbonyl (C=O) groups is 2. The minimum absolute atomic E-state index is 0.0384. The summed E-state index contributed by atoms with van der Waals surface area (Å²) in [5, 5.41) is 0. The first-order valence-corrected chi connectivity index (χ1v) is 6.82. The topological polar surface area (TPSA) is 133 Å². The summed E-state index contributed by atoms with van der Waals surface area (Å²) in [5.74, 6) is 3.42. The molecule has 9 heteroatoms. The van der Waals surface area contributed by atoms with Crippen molar-refractivity contribution in [1.82, 2.24) is 0 Å². The molecule has 0 amide bonds. The number of hydrogen-bond acceptors (Lipinski definition) is 7. The molecule has 0 fully saturated rings. The number of esters is 1. The number of rotatable bonds is 6. The largest absolute Gasteiger partial charge is 0.460 e. The minimum atomic E-state index is -4.54. The molecule has 0 aromatic heterocycles. The van der Waals surface area contributed by atoms with Crippen molar-refractivity contribution in [3.8, 4) is 0 Å². The van der Waals surface area contributed by atoms with Crippen molar-refractivity contribution >= 4 is 21.9 Å². The highest BCUT2D eigenvalue weighted by Crippen LogP contribution is 2.16. The molecule has 3 N–H and O–H groups in total. The average molecular weight is 303 g/mol. The quantitative estimate of drug-likeness (QED) is 0.250. The molecule has 8 nitrogen and oxygen atoms in total. The molecule has 110 valence electrons. The molecule has 1 aromatic carbocycles. The Kier molecular flexibility index (Phi) is 5.34.